The molecule has 0 bridgehead atoms. The van der Waals surface area contributed by atoms with Crippen molar-refractivity contribution >= 4 is 35.5 Å². The highest BCUT2D eigenvalue weighted by atomic mass is 16.6. The van der Waals surface area contributed by atoms with Crippen LogP contribution in [0.3, 0.4) is 0 Å². The molecule has 0 fully saturated rings. The average molecular weight is 632 g/mol. The Morgan fingerprint density at radius 1 is 0.578 bits per heavy atom. The van der Waals surface area contributed by atoms with E-state index in [4.69, 9.17) is 4.74 Å². The predicted octanol–water partition coefficient (Wildman–Crippen LogP) is 2.43. The third-order valence-electron chi connectivity index (χ3n) is 7.12. The van der Waals surface area contributed by atoms with Gasteiger partial charge in [0.25, 0.3) is 0 Å². The number of amides is 5. The molecule has 0 aliphatic heterocycles. The van der Waals surface area contributed by atoms with Gasteiger partial charge in [0.15, 0.2) is 0 Å². The van der Waals surface area contributed by atoms with Crippen LogP contribution in [0.4, 0.5) is 0 Å². The molecule has 0 saturated heterocycles. The van der Waals surface area contributed by atoms with Crippen LogP contribution in [-0.4, -0.2) is 68.8 Å². The Morgan fingerprint density at radius 3 is 1.40 bits per heavy atom. The van der Waals surface area contributed by atoms with Crippen molar-refractivity contribution in [2.24, 2.45) is 0 Å². The largest absolute Gasteiger partial charge is 0.458 e. The maximum atomic E-state index is 14.1. The zero-order valence-corrected chi connectivity index (χ0v) is 29.2. The summed E-state index contributed by atoms with van der Waals surface area (Å²) in [4.78, 5) is 78.7. The fourth-order valence-electron chi connectivity index (χ4n) is 4.22. The maximum absolute atomic E-state index is 14.1. The first-order valence-electron chi connectivity index (χ1n) is 15.1. The summed E-state index contributed by atoms with van der Waals surface area (Å²) >= 11 is 0. The van der Waals surface area contributed by atoms with E-state index in [1.54, 1.807) is 39.8 Å². The first kappa shape index (κ1) is 39.1. The highest BCUT2D eigenvalue weighted by Gasteiger charge is 2.46. The Kier molecular flexibility index (Phi) is 12.1. The topological polar surface area (TPSA) is 172 Å². The third kappa shape index (κ3) is 11.2. The molecular formula is C33H53N5O7. The minimum Gasteiger partial charge on any atom is -0.458 e. The summed E-state index contributed by atoms with van der Waals surface area (Å²) in [6, 6.07) is 9.06. The number of ether oxygens (including phenoxy) is 1. The fourth-order valence-corrected chi connectivity index (χ4v) is 4.22. The fraction of sp³-hybridized carbons (Fsp3) is 0.636. The highest BCUT2D eigenvalue weighted by Crippen LogP contribution is 2.23. The second-order valence-electron chi connectivity index (χ2n) is 14.6. The highest BCUT2D eigenvalue weighted by molar-refractivity contribution is 6.01. The molecule has 5 amide bonds. The van der Waals surface area contributed by atoms with Crippen molar-refractivity contribution in [3.05, 3.63) is 35.9 Å². The zero-order valence-electron chi connectivity index (χ0n) is 29.2. The molecule has 0 heterocycles. The lowest BCUT2D eigenvalue weighted by Crippen LogP contribution is -2.70. The van der Waals surface area contributed by atoms with Gasteiger partial charge in [-0.1, -0.05) is 37.3 Å². The Hall–Kier alpha value is -3.96. The van der Waals surface area contributed by atoms with Gasteiger partial charge in [-0.3, -0.25) is 24.0 Å². The Labute approximate surface area is 267 Å². The van der Waals surface area contributed by atoms with Crippen molar-refractivity contribution in [3.8, 4) is 0 Å². The summed E-state index contributed by atoms with van der Waals surface area (Å²) in [5.74, 6) is -3.60. The van der Waals surface area contributed by atoms with E-state index in [1.807, 2.05) is 18.2 Å². The first-order valence-corrected chi connectivity index (χ1v) is 15.1. The van der Waals surface area contributed by atoms with Crippen LogP contribution in [0.15, 0.2) is 30.3 Å². The summed E-state index contributed by atoms with van der Waals surface area (Å²) in [5.41, 5.74) is -7.31. The molecule has 0 unspecified atom stereocenters. The first-order chi connectivity index (χ1) is 20.2. The smallest absolute Gasteiger partial charge is 0.331 e. The maximum Gasteiger partial charge on any atom is 0.331 e. The SMILES string of the molecule is CC[C@](Cc1ccccc1)(NC(=O)C(C)(C)NC(=O)C(C)(C)NC(C)=O)C(=O)NC(C)(C)C(=O)NC(C)(C)C(=O)OC(C)(C)C. The number of hydrogen-bond donors (Lipinski definition) is 5. The van der Waals surface area contributed by atoms with E-state index >= 15 is 0 Å². The summed E-state index contributed by atoms with van der Waals surface area (Å²) in [7, 11) is 0. The van der Waals surface area contributed by atoms with Gasteiger partial charge in [0.2, 0.25) is 29.5 Å². The van der Waals surface area contributed by atoms with E-state index < -0.39 is 68.8 Å². The molecule has 1 rings (SSSR count). The van der Waals surface area contributed by atoms with Crippen molar-refractivity contribution < 1.29 is 33.5 Å². The van der Waals surface area contributed by atoms with Gasteiger partial charge in [0.1, 0.15) is 33.3 Å². The van der Waals surface area contributed by atoms with Gasteiger partial charge in [0.05, 0.1) is 0 Å². The zero-order chi connectivity index (χ0) is 35.2. The summed E-state index contributed by atoms with van der Waals surface area (Å²) in [6.07, 6.45) is 0.201. The summed E-state index contributed by atoms with van der Waals surface area (Å²) in [6.45, 7) is 20.1. The molecule has 0 aliphatic carbocycles. The van der Waals surface area contributed by atoms with Crippen LogP contribution in [0.25, 0.3) is 0 Å². The van der Waals surface area contributed by atoms with Crippen LogP contribution >= 0.6 is 0 Å². The van der Waals surface area contributed by atoms with Crippen LogP contribution in [-0.2, 0) is 39.9 Å². The second-order valence-corrected chi connectivity index (χ2v) is 14.6. The van der Waals surface area contributed by atoms with E-state index in [0.717, 1.165) is 5.56 Å². The summed E-state index contributed by atoms with van der Waals surface area (Å²) in [5, 5.41) is 13.5. The molecule has 5 N–H and O–H groups in total. The number of esters is 1. The van der Waals surface area contributed by atoms with E-state index in [2.05, 4.69) is 26.6 Å². The van der Waals surface area contributed by atoms with Gasteiger partial charge in [0, 0.05) is 13.3 Å². The normalized spacial score (nSPS) is 13.9. The lowest BCUT2D eigenvalue weighted by Gasteiger charge is -2.40. The van der Waals surface area contributed by atoms with Crippen LogP contribution in [0.5, 0.6) is 0 Å². The minimum atomic E-state index is -1.55. The van der Waals surface area contributed by atoms with Gasteiger partial charge in [-0.25, -0.2) is 4.79 Å². The van der Waals surface area contributed by atoms with E-state index in [9.17, 15) is 28.8 Å². The van der Waals surface area contributed by atoms with Crippen molar-refractivity contribution in [3.63, 3.8) is 0 Å². The summed E-state index contributed by atoms with van der Waals surface area (Å²) < 4.78 is 5.44. The second kappa shape index (κ2) is 14.0. The van der Waals surface area contributed by atoms with Crippen LogP contribution in [0, 0.1) is 0 Å². The lowest BCUT2D eigenvalue weighted by atomic mass is 9.84. The van der Waals surface area contributed by atoms with Gasteiger partial charge in [-0.05, 0) is 88.1 Å². The van der Waals surface area contributed by atoms with E-state index in [1.165, 1.54) is 62.3 Å². The number of carbonyl (C=O) groups is 6. The molecule has 12 heteroatoms. The van der Waals surface area contributed by atoms with E-state index in [0.29, 0.717) is 0 Å². The Balaban J connectivity index is 3.38. The number of carbonyl (C=O) groups excluding carboxylic acids is 6. The number of nitrogens with one attached hydrogen (secondary N) is 5. The lowest BCUT2D eigenvalue weighted by molar-refractivity contribution is -0.163. The molecule has 1 aromatic carbocycles. The molecule has 12 nitrogen and oxygen atoms in total. The molecule has 0 aliphatic rings. The van der Waals surface area contributed by atoms with E-state index in [-0.39, 0.29) is 12.8 Å². The monoisotopic (exact) mass is 631 g/mol. The minimum absolute atomic E-state index is 0.0738. The molecule has 0 saturated carbocycles. The number of rotatable bonds is 13. The Bertz CT molecular complexity index is 1280. The average Bonchev–Trinajstić information content (AvgIpc) is 2.86. The molecule has 0 spiro atoms. The molecule has 0 radical (unpaired) electrons. The molecule has 45 heavy (non-hydrogen) atoms. The standard InChI is InChI=1S/C33H53N5O7/c1-14-33(20-22-18-16-15-17-19-22,38-25(42)31(10,11)35-23(40)29(6,7)34-21(2)39)26(43)37-30(8,9)24(41)36-32(12,13)27(44)45-28(3,4)5/h15-19H,14,20H2,1-13H3,(H,34,39)(H,35,40)(H,36,41)(H,37,43)(H,38,42)/t33-/m1/s1. The third-order valence-corrected chi connectivity index (χ3v) is 7.12. The van der Waals surface area contributed by atoms with Crippen LogP contribution in [0.1, 0.15) is 102 Å². The number of hydrogen-bond acceptors (Lipinski definition) is 7. The van der Waals surface area contributed by atoms with Crippen molar-refractivity contribution in [1.82, 2.24) is 26.6 Å². The predicted molar refractivity (Wildman–Crippen MR) is 172 cm³/mol. The molecule has 1 atom stereocenters. The van der Waals surface area contributed by atoms with Crippen LogP contribution < -0.4 is 26.6 Å². The molecule has 0 aromatic heterocycles. The molecule has 252 valence electrons. The van der Waals surface area contributed by atoms with Crippen LogP contribution in [0.2, 0.25) is 0 Å². The van der Waals surface area contributed by atoms with Crippen molar-refractivity contribution in [2.75, 3.05) is 0 Å². The van der Waals surface area contributed by atoms with Crippen molar-refractivity contribution in [1.29, 1.82) is 0 Å². The van der Waals surface area contributed by atoms with Gasteiger partial charge >= 0.3 is 5.97 Å². The molecule has 1 aromatic rings. The van der Waals surface area contributed by atoms with Gasteiger partial charge in [-0.2, -0.15) is 0 Å². The molecular weight excluding hydrogens is 578 g/mol. The Morgan fingerprint density at radius 2 is 0.978 bits per heavy atom. The van der Waals surface area contributed by atoms with Gasteiger partial charge in [-0.15, -0.1) is 0 Å². The quantitative estimate of drug-likeness (QED) is 0.208. The van der Waals surface area contributed by atoms with Crippen molar-refractivity contribution in [2.45, 2.75) is 136 Å². The van der Waals surface area contributed by atoms with Gasteiger partial charge < -0.3 is 31.3 Å². The number of benzene rings is 1.